The van der Waals surface area contributed by atoms with Crippen molar-refractivity contribution in [3.8, 4) is 11.8 Å². The number of hydrogen-bond donors (Lipinski definition) is 1. The monoisotopic (exact) mass is 281 g/mol. The maximum atomic E-state index is 11.9. The topological polar surface area (TPSA) is 91.3 Å². The highest BCUT2D eigenvalue weighted by Crippen LogP contribution is 2.16. The Kier molecular flexibility index (Phi) is 4.00. The molecule has 1 aromatic heterocycles. The van der Waals surface area contributed by atoms with E-state index in [1.165, 1.54) is 25.1 Å². The van der Waals surface area contributed by atoms with Crippen LogP contribution in [0.15, 0.2) is 45.6 Å². The Hall–Kier alpha value is -3.13. The van der Waals surface area contributed by atoms with Crippen molar-refractivity contribution in [3.05, 3.63) is 69.3 Å². The lowest BCUT2D eigenvalue weighted by atomic mass is 10.1. The number of benzene rings is 1. The van der Waals surface area contributed by atoms with Crippen molar-refractivity contribution in [2.24, 2.45) is 0 Å². The molecule has 0 aliphatic rings. The Balaban J connectivity index is 2.27. The maximum absolute atomic E-state index is 11.9. The molecule has 1 N–H and O–H groups in total. The molecule has 21 heavy (non-hydrogen) atoms. The zero-order valence-electron chi connectivity index (χ0n) is 11.2. The van der Waals surface area contributed by atoms with Gasteiger partial charge in [0.05, 0.1) is 11.6 Å². The summed E-state index contributed by atoms with van der Waals surface area (Å²) in [7, 11) is 0. The van der Waals surface area contributed by atoms with Gasteiger partial charge in [-0.2, -0.15) is 5.26 Å². The number of nitrogens with zero attached hydrogens (tertiary/aromatic N) is 1. The standard InChI is InChI=1S/C16H11NO4/c1-10-8-14(19)15(16(20)21-10)13(18)7-6-11-2-4-12(9-17)5-3-11/h2-8,19H,1H3/b7-6+. The van der Waals surface area contributed by atoms with Crippen molar-refractivity contribution in [1.82, 2.24) is 0 Å². The largest absolute Gasteiger partial charge is 0.507 e. The summed E-state index contributed by atoms with van der Waals surface area (Å²) in [6.07, 6.45) is 2.66. The first-order valence-electron chi connectivity index (χ1n) is 6.07. The van der Waals surface area contributed by atoms with Crippen LogP contribution in [0, 0.1) is 18.3 Å². The fraction of sp³-hybridized carbons (Fsp3) is 0.0625. The van der Waals surface area contributed by atoms with E-state index in [0.29, 0.717) is 11.1 Å². The maximum Gasteiger partial charge on any atom is 0.351 e. The number of carbonyl (C=O) groups excluding carboxylic acids is 1. The summed E-state index contributed by atoms with van der Waals surface area (Å²) in [6, 6.07) is 9.76. The quantitative estimate of drug-likeness (QED) is 0.689. The minimum Gasteiger partial charge on any atom is -0.507 e. The molecule has 0 amide bonds. The number of allylic oxidation sites excluding steroid dienone is 1. The third-order valence-electron chi connectivity index (χ3n) is 2.77. The van der Waals surface area contributed by atoms with Crippen LogP contribution in [0.2, 0.25) is 0 Å². The molecule has 104 valence electrons. The minimum atomic E-state index is -0.873. The zero-order chi connectivity index (χ0) is 15.4. The number of aromatic hydroxyl groups is 1. The zero-order valence-corrected chi connectivity index (χ0v) is 11.2. The molecular weight excluding hydrogens is 270 g/mol. The van der Waals surface area contributed by atoms with Gasteiger partial charge in [0.1, 0.15) is 17.1 Å². The summed E-state index contributed by atoms with van der Waals surface area (Å²) in [5.74, 6) is -0.825. The van der Waals surface area contributed by atoms with E-state index in [4.69, 9.17) is 9.68 Å². The highest BCUT2D eigenvalue weighted by atomic mass is 16.4. The van der Waals surface area contributed by atoms with Gasteiger partial charge in [-0.15, -0.1) is 0 Å². The van der Waals surface area contributed by atoms with Gasteiger partial charge in [-0.05, 0) is 30.7 Å². The second-order valence-electron chi connectivity index (χ2n) is 4.34. The Morgan fingerprint density at radius 2 is 2.00 bits per heavy atom. The lowest BCUT2D eigenvalue weighted by Gasteiger charge is -1.99. The molecule has 2 aromatic rings. The summed E-state index contributed by atoms with van der Waals surface area (Å²) >= 11 is 0. The van der Waals surface area contributed by atoms with Gasteiger partial charge in [0.2, 0.25) is 0 Å². The highest BCUT2D eigenvalue weighted by molar-refractivity contribution is 6.08. The van der Waals surface area contributed by atoms with Crippen molar-refractivity contribution in [1.29, 1.82) is 5.26 Å². The van der Waals surface area contributed by atoms with Crippen molar-refractivity contribution in [2.75, 3.05) is 0 Å². The second kappa shape index (κ2) is 5.88. The summed E-state index contributed by atoms with van der Waals surface area (Å²) in [6.45, 7) is 1.50. The van der Waals surface area contributed by atoms with Crippen molar-refractivity contribution in [2.45, 2.75) is 6.92 Å². The molecule has 5 heteroatoms. The van der Waals surface area contributed by atoms with Crippen LogP contribution in [0.25, 0.3) is 6.08 Å². The molecule has 0 unspecified atom stereocenters. The SMILES string of the molecule is Cc1cc(O)c(C(=O)/C=C/c2ccc(C#N)cc2)c(=O)o1. The lowest BCUT2D eigenvalue weighted by molar-refractivity contribution is 0.104. The van der Waals surface area contributed by atoms with Gasteiger partial charge >= 0.3 is 5.63 Å². The summed E-state index contributed by atoms with van der Waals surface area (Å²) in [4.78, 5) is 23.5. The molecule has 0 saturated carbocycles. The average Bonchev–Trinajstić information content (AvgIpc) is 2.44. The van der Waals surface area contributed by atoms with E-state index in [2.05, 4.69) is 0 Å². The van der Waals surface area contributed by atoms with Gasteiger partial charge < -0.3 is 9.52 Å². The van der Waals surface area contributed by atoms with E-state index in [-0.39, 0.29) is 5.76 Å². The lowest BCUT2D eigenvalue weighted by Crippen LogP contribution is -2.12. The second-order valence-corrected chi connectivity index (χ2v) is 4.34. The molecule has 5 nitrogen and oxygen atoms in total. The Labute approximate surface area is 120 Å². The van der Waals surface area contributed by atoms with Gasteiger partial charge in [0.25, 0.3) is 0 Å². The van der Waals surface area contributed by atoms with Crippen LogP contribution < -0.4 is 5.63 Å². The molecule has 1 aromatic carbocycles. The van der Waals surface area contributed by atoms with Gasteiger partial charge in [0.15, 0.2) is 5.78 Å². The fourth-order valence-electron chi connectivity index (χ4n) is 1.75. The van der Waals surface area contributed by atoms with Crippen LogP contribution in [-0.2, 0) is 0 Å². The molecule has 0 aliphatic heterocycles. The van der Waals surface area contributed by atoms with Gasteiger partial charge in [0, 0.05) is 6.07 Å². The van der Waals surface area contributed by atoms with Gasteiger partial charge in [-0.3, -0.25) is 4.79 Å². The van der Waals surface area contributed by atoms with Crippen LogP contribution in [-0.4, -0.2) is 10.9 Å². The number of hydrogen-bond acceptors (Lipinski definition) is 5. The number of carbonyl (C=O) groups is 1. The van der Waals surface area contributed by atoms with E-state index in [1.54, 1.807) is 24.3 Å². The van der Waals surface area contributed by atoms with E-state index >= 15 is 0 Å². The molecule has 0 bridgehead atoms. The van der Waals surface area contributed by atoms with Crippen molar-refractivity contribution >= 4 is 11.9 Å². The number of ketones is 1. The number of rotatable bonds is 3. The predicted molar refractivity (Wildman–Crippen MR) is 75.9 cm³/mol. The first-order valence-corrected chi connectivity index (χ1v) is 6.07. The summed E-state index contributed by atoms with van der Waals surface area (Å²) in [5, 5.41) is 18.3. The molecule has 0 saturated heterocycles. The molecule has 0 spiro atoms. The Morgan fingerprint density at radius 1 is 1.33 bits per heavy atom. The molecular formula is C16H11NO4. The minimum absolute atomic E-state index is 0.227. The first-order chi connectivity index (χ1) is 10.0. The van der Waals surface area contributed by atoms with Crippen molar-refractivity contribution in [3.63, 3.8) is 0 Å². The Morgan fingerprint density at radius 3 is 2.57 bits per heavy atom. The van der Waals surface area contributed by atoms with Crippen LogP contribution >= 0.6 is 0 Å². The van der Waals surface area contributed by atoms with Crippen LogP contribution in [0.1, 0.15) is 27.2 Å². The summed E-state index contributed by atoms with van der Waals surface area (Å²) < 4.78 is 4.79. The molecule has 0 radical (unpaired) electrons. The van der Waals surface area contributed by atoms with Gasteiger partial charge in [-0.1, -0.05) is 18.2 Å². The van der Waals surface area contributed by atoms with Crippen LogP contribution in [0.3, 0.4) is 0 Å². The van der Waals surface area contributed by atoms with Crippen LogP contribution in [0.5, 0.6) is 5.75 Å². The fourth-order valence-corrected chi connectivity index (χ4v) is 1.75. The van der Waals surface area contributed by atoms with Gasteiger partial charge in [-0.25, -0.2) is 4.79 Å². The van der Waals surface area contributed by atoms with E-state index in [1.807, 2.05) is 6.07 Å². The van der Waals surface area contributed by atoms with Crippen LogP contribution in [0.4, 0.5) is 0 Å². The smallest absolute Gasteiger partial charge is 0.351 e. The predicted octanol–water partition coefficient (Wildman–Crippen LogP) is 2.42. The highest BCUT2D eigenvalue weighted by Gasteiger charge is 2.15. The van der Waals surface area contributed by atoms with Crippen molar-refractivity contribution < 1.29 is 14.3 Å². The van der Waals surface area contributed by atoms with E-state index < -0.39 is 22.7 Å². The number of aryl methyl sites for hydroxylation is 1. The molecule has 0 atom stereocenters. The summed E-state index contributed by atoms with van der Waals surface area (Å²) in [5.41, 5.74) is -0.0684. The average molecular weight is 281 g/mol. The number of nitriles is 1. The molecule has 0 fully saturated rings. The third-order valence-corrected chi connectivity index (χ3v) is 2.77. The van der Waals surface area contributed by atoms with E-state index in [9.17, 15) is 14.7 Å². The molecule has 2 rings (SSSR count). The molecule has 0 aliphatic carbocycles. The third kappa shape index (κ3) is 3.25. The van der Waals surface area contributed by atoms with E-state index in [0.717, 1.165) is 0 Å². The Bertz CT molecular complexity index is 808. The molecule has 1 heterocycles. The first kappa shape index (κ1) is 14.3. The normalized spacial score (nSPS) is 10.5.